The molecule has 0 saturated carbocycles. The highest BCUT2D eigenvalue weighted by molar-refractivity contribution is 5.95. The van der Waals surface area contributed by atoms with Gasteiger partial charge in [-0.15, -0.1) is 0 Å². The minimum Gasteiger partial charge on any atom is -0.478 e. The number of piperidine rings is 1. The van der Waals surface area contributed by atoms with E-state index in [1.807, 2.05) is 0 Å². The topological polar surface area (TPSA) is 89.9 Å². The second-order valence-corrected chi connectivity index (χ2v) is 5.86. The number of carbonyl (C=O) groups excluding carboxylic acids is 1. The lowest BCUT2D eigenvalue weighted by atomic mass is 10.0. The van der Waals surface area contributed by atoms with Crippen molar-refractivity contribution in [3.05, 3.63) is 35.4 Å². The minimum atomic E-state index is -1.00. The zero-order chi connectivity index (χ0) is 16.7. The maximum atomic E-state index is 12.0. The van der Waals surface area contributed by atoms with E-state index in [-0.39, 0.29) is 24.1 Å². The van der Waals surface area contributed by atoms with Gasteiger partial charge >= 0.3 is 5.97 Å². The fraction of sp³-hybridized carbons (Fsp3) is 0.529. The molecule has 6 heteroatoms. The van der Waals surface area contributed by atoms with Crippen LogP contribution >= 0.6 is 0 Å². The van der Waals surface area contributed by atoms with E-state index in [0.29, 0.717) is 12.1 Å². The lowest BCUT2D eigenvalue weighted by Gasteiger charge is -2.34. The average molecular weight is 320 g/mol. The number of hydrogen-bond acceptors (Lipinski definition) is 4. The molecular formula is C17H24N2O4. The third-order valence-electron chi connectivity index (χ3n) is 4.26. The zero-order valence-corrected chi connectivity index (χ0v) is 13.2. The summed E-state index contributed by atoms with van der Waals surface area (Å²) < 4.78 is 0. The van der Waals surface area contributed by atoms with E-state index < -0.39 is 5.97 Å². The Kier molecular flexibility index (Phi) is 6.55. The van der Waals surface area contributed by atoms with Crippen molar-refractivity contribution in [2.24, 2.45) is 0 Å². The molecule has 3 N–H and O–H groups in total. The Morgan fingerprint density at radius 1 is 1.17 bits per heavy atom. The van der Waals surface area contributed by atoms with Gasteiger partial charge in [0.15, 0.2) is 0 Å². The number of rotatable bonds is 7. The highest BCUT2D eigenvalue weighted by Gasteiger charge is 2.20. The number of amides is 1. The summed E-state index contributed by atoms with van der Waals surface area (Å²) in [6, 6.07) is 6.15. The minimum absolute atomic E-state index is 0.168. The highest BCUT2D eigenvalue weighted by atomic mass is 16.4. The van der Waals surface area contributed by atoms with Crippen LogP contribution in [-0.4, -0.2) is 59.3 Å². The first kappa shape index (κ1) is 17.4. The van der Waals surface area contributed by atoms with Crippen molar-refractivity contribution in [1.29, 1.82) is 0 Å². The Morgan fingerprint density at radius 2 is 1.87 bits per heavy atom. The molecule has 2 rings (SSSR count). The molecule has 1 aliphatic heterocycles. The largest absolute Gasteiger partial charge is 0.478 e. The first-order chi connectivity index (χ1) is 11.1. The van der Waals surface area contributed by atoms with E-state index in [4.69, 9.17) is 5.11 Å². The quantitative estimate of drug-likeness (QED) is 0.660. The SMILES string of the molecule is O=C(O)c1ccc(C(=O)NCCCN2CCCCC2CO)cc1. The van der Waals surface area contributed by atoms with Crippen molar-refractivity contribution in [3.8, 4) is 0 Å². The predicted octanol–water partition coefficient (Wildman–Crippen LogP) is 1.35. The zero-order valence-electron chi connectivity index (χ0n) is 13.2. The number of nitrogens with one attached hydrogen (secondary N) is 1. The van der Waals surface area contributed by atoms with Crippen LogP contribution < -0.4 is 5.32 Å². The van der Waals surface area contributed by atoms with Gasteiger partial charge in [0.25, 0.3) is 5.91 Å². The smallest absolute Gasteiger partial charge is 0.335 e. The van der Waals surface area contributed by atoms with Crippen LogP contribution in [0, 0.1) is 0 Å². The van der Waals surface area contributed by atoms with Gasteiger partial charge in [0.1, 0.15) is 0 Å². The molecule has 1 amide bonds. The molecular weight excluding hydrogens is 296 g/mol. The number of carboxylic acid groups (broad SMARTS) is 1. The fourth-order valence-corrected chi connectivity index (χ4v) is 2.91. The number of carboxylic acids is 1. The van der Waals surface area contributed by atoms with Crippen molar-refractivity contribution in [1.82, 2.24) is 10.2 Å². The maximum Gasteiger partial charge on any atom is 0.335 e. The molecule has 0 spiro atoms. The first-order valence-electron chi connectivity index (χ1n) is 8.08. The normalized spacial score (nSPS) is 18.6. The number of aliphatic hydroxyl groups is 1. The molecule has 126 valence electrons. The molecule has 0 aromatic heterocycles. The molecule has 1 fully saturated rings. The van der Waals surface area contributed by atoms with E-state index in [9.17, 15) is 14.7 Å². The van der Waals surface area contributed by atoms with Gasteiger partial charge in [-0.3, -0.25) is 9.69 Å². The monoisotopic (exact) mass is 320 g/mol. The standard InChI is InChI=1S/C17H24N2O4/c20-12-15-4-1-2-10-19(15)11-3-9-18-16(21)13-5-7-14(8-6-13)17(22)23/h5-8,15,20H,1-4,9-12H2,(H,18,21)(H,22,23). The van der Waals surface area contributed by atoms with E-state index in [2.05, 4.69) is 10.2 Å². The van der Waals surface area contributed by atoms with Crippen LogP contribution in [0.5, 0.6) is 0 Å². The fourth-order valence-electron chi connectivity index (χ4n) is 2.91. The number of benzene rings is 1. The molecule has 6 nitrogen and oxygen atoms in total. The second kappa shape index (κ2) is 8.64. The summed E-state index contributed by atoms with van der Waals surface area (Å²) in [7, 11) is 0. The van der Waals surface area contributed by atoms with Crippen LogP contribution in [0.25, 0.3) is 0 Å². The van der Waals surface area contributed by atoms with E-state index in [1.165, 1.54) is 37.1 Å². The second-order valence-electron chi connectivity index (χ2n) is 5.86. The van der Waals surface area contributed by atoms with Crippen molar-refractivity contribution in [2.75, 3.05) is 26.2 Å². The van der Waals surface area contributed by atoms with Gasteiger partial charge in [0.05, 0.1) is 12.2 Å². The molecule has 0 radical (unpaired) electrons. The maximum absolute atomic E-state index is 12.0. The lowest BCUT2D eigenvalue weighted by Crippen LogP contribution is -2.43. The molecule has 1 heterocycles. The van der Waals surface area contributed by atoms with Crippen LogP contribution in [-0.2, 0) is 0 Å². The van der Waals surface area contributed by atoms with Crippen molar-refractivity contribution < 1.29 is 19.8 Å². The molecule has 1 aromatic rings. The number of carbonyl (C=O) groups is 2. The van der Waals surface area contributed by atoms with Crippen molar-refractivity contribution in [2.45, 2.75) is 31.7 Å². The van der Waals surface area contributed by atoms with Crippen LogP contribution in [0.1, 0.15) is 46.4 Å². The number of nitrogens with zero attached hydrogens (tertiary/aromatic N) is 1. The Labute approximate surface area is 136 Å². The van der Waals surface area contributed by atoms with Gasteiger partial charge in [-0.1, -0.05) is 6.42 Å². The molecule has 0 bridgehead atoms. The highest BCUT2D eigenvalue weighted by Crippen LogP contribution is 2.16. The molecule has 23 heavy (non-hydrogen) atoms. The Bertz CT molecular complexity index is 530. The summed E-state index contributed by atoms with van der Waals surface area (Å²) in [5.41, 5.74) is 0.628. The molecule has 1 saturated heterocycles. The van der Waals surface area contributed by atoms with Gasteiger partial charge in [0.2, 0.25) is 0 Å². The Morgan fingerprint density at radius 3 is 2.52 bits per heavy atom. The van der Waals surface area contributed by atoms with Gasteiger partial charge in [-0.05, 0) is 50.1 Å². The van der Waals surface area contributed by atoms with Gasteiger partial charge in [-0.25, -0.2) is 4.79 Å². The third kappa shape index (κ3) is 5.04. The summed E-state index contributed by atoms with van der Waals surface area (Å²) >= 11 is 0. The average Bonchev–Trinajstić information content (AvgIpc) is 2.59. The molecule has 1 aromatic carbocycles. The van der Waals surface area contributed by atoms with E-state index in [0.717, 1.165) is 25.9 Å². The molecule has 0 aliphatic carbocycles. The molecule has 1 atom stereocenters. The summed E-state index contributed by atoms with van der Waals surface area (Å²) in [4.78, 5) is 25.0. The molecule has 1 unspecified atom stereocenters. The Hall–Kier alpha value is -1.92. The summed E-state index contributed by atoms with van der Waals surface area (Å²) in [6.45, 7) is 2.63. The number of aromatic carboxylic acids is 1. The van der Waals surface area contributed by atoms with Gasteiger partial charge in [-0.2, -0.15) is 0 Å². The van der Waals surface area contributed by atoms with Crippen LogP contribution in [0.15, 0.2) is 24.3 Å². The van der Waals surface area contributed by atoms with E-state index >= 15 is 0 Å². The summed E-state index contributed by atoms with van der Waals surface area (Å²) in [5.74, 6) is -1.20. The first-order valence-corrected chi connectivity index (χ1v) is 8.08. The van der Waals surface area contributed by atoms with Gasteiger partial charge in [0, 0.05) is 24.7 Å². The van der Waals surface area contributed by atoms with Crippen LogP contribution in [0.3, 0.4) is 0 Å². The number of aliphatic hydroxyl groups excluding tert-OH is 1. The third-order valence-corrected chi connectivity index (χ3v) is 4.26. The van der Waals surface area contributed by atoms with Crippen LogP contribution in [0.4, 0.5) is 0 Å². The Balaban J connectivity index is 1.73. The predicted molar refractivity (Wildman–Crippen MR) is 86.6 cm³/mol. The number of hydrogen-bond donors (Lipinski definition) is 3. The lowest BCUT2D eigenvalue weighted by molar-refractivity contribution is 0.0696. The number of likely N-dealkylation sites (tertiary alicyclic amines) is 1. The molecule has 1 aliphatic rings. The van der Waals surface area contributed by atoms with Crippen molar-refractivity contribution in [3.63, 3.8) is 0 Å². The van der Waals surface area contributed by atoms with Crippen molar-refractivity contribution >= 4 is 11.9 Å². The summed E-state index contributed by atoms with van der Waals surface area (Å²) in [6.07, 6.45) is 4.21. The van der Waals surface area contributed by atoms with Gasteiger partial charge < -0.3 is 15.5 Å². The van der Waals surface area contributed by atoms with E-state index in [1.54, 1.807) is 0 Å². The summed E-state index contributed by atoms with van der Waals surface area (Å²) in [5, 5.41) is 21.0. The van der Waals surface area contributed by atoms with Crippen LogP contribution in [0.2, 0.25) is 0 Å².